The van der Waals surface area contributed by atoms with Crippen LogP contribution >= 0.6 is 0 Å². The molecule has 18 heteroatoms. The average Bonchev–Trinajstić information content (AvgIpc) is 3.26. The monoisotopic (exact) mass is 884 g/mol. The first kappa shape index (κ1) is 51.7. The minimum atomic E-state index is -1.29. The van der Waals surface area contributed by atoms with Crippen LogP contribution in [0.2, 0.25) is 0 Å². The maximum absolute atomic E-state index is 14.1. The summed E-state index contributed by atoms with van der Waals surface area (Å²) in [5.41, 5.74) is 24.7. The molecule has 6 atom stereocenters. The van der Waals surface area contributed by atoms with Gasteiger partial charge in [-0.1, -0.05) is 113 Å². The van der Waals surface area contributed by atoms with E-state index in [9.17, 15) is 38.7 Å². The topological polar surface area (TPSA) is 316 Å². The third-order valence-corrected chi connectivity index (χ3v) is 10.1. The zero-order chi connectivity index (χ0) is 47.3. The smallest absolute Gasteiger partial charge is 0.243 e. The molecule has 6 amide bonds. The molecule has 0 bridgehead atoms. The molecule has 0 aliphatic carbocycles. The van der Waals surface area contributed by atoms with Crippen molar-refractivity contribution in [2.24, 2.45) is 39.8 Å². The lowest BCUT2D eigenvalue weighted by molar-refractivity contribution is -0.135. The van der Waals surface area contributed by atoms with Gasteiger partial charge in [-0.2, -0.15) is 0 Å². The van der Waals surface area contributed by atoms with Crippen molar-refractivity contribution in [1.82, 2.24) is 26.6 Å². The molecular weight excluding hydrogens is 821 g/mol. The number of ketones is 1. The quantitative estimate of drug-likeness (QED) is 0.0223. The number of carbonyl (C=O) groups is 7. The first-order valence-electron chi connectivity index (χ1n) is 21.3. The van der Waals surface area contributed by atoms with Crippen molar-refractivity contribution in [3.63, 3.8) is 0 Å². The third-order valence-electron chi connectivity index (χ3n) is 10.1. The van der Waals surface area contributed by atoms with Gasteiger partial charge in [-0.05, 0) is 48.6 Å². The molecule has 0 fully saturated rings. The number of amides is 6. The molecule has 0 aliphatic rings. The highest BCUT2D eigenvalue weighted by Gasteiger charge is 2.33. The molecule has 0 heterocycles. The van der Waals surface area contributed by atoms with Crippen LogP contribution in [-0.2, 0) is 41.6 Å². The summed E-state index contributed by atoms with van der Waals surface area (Å²) in [6.07, 6.45) is 0.596. The number of aliphatic hydroxyl groups is 1. The molecule has 3 aromatic rings. The van der Waals surface area contributed by atoms with Crippen molar-refractivity contribution in [3.8, 4) is 0 Å². The number of benzene rings is 3. The fraction of sp³-hybridized carbons (Fsp3) is 0.435. The summed E-state index contributed by atoms with van der Waals surface area (Å²) in [5, 5.41) is 22.9. The highest BCUT2D eigenvalue weighted by atomic mass is 16.3. The zero-order valence-corrected chi connectivity index (χ0v) is 36.9. The van der Waals surface area contributed by atoms with Crippen LogP contribution in [0.1, 0.15) is 80.4 Å². The lowest BCUT2D eigenvalue weighted by Crippen LogP contribution is -2.60. The highest BCUT2D eigenvalue weighted by Crippen LogP contribution is 2.15. The van der Waals surface area contributed by atoms with Crippen LogP contribution in [0.4, 0.5) is 0 Å². The van der Waals surface area contributed by atoms with Gasteiger partial charge in [0.05, 0.1) is 6.61 Å². The Morgan fingerprint density at radius 3 is 1.47 bits per heavy atom. The second-order valence-corrected chi connectivity index (χ2v) is 16.5. The molecule has 346 valence electrons. The predicted octanol–water partition coefficient (Wildman–Crippen LogP) is 0.0775. The third kappa shape index (κ3) is 17.6. The number of hydrogen-bond donors (Lipinski definition) is 10. The van der Waals surface area contributed by atoms with Gasteiger partial charge in [-0.3, -0.25) is 38.6 Å². The minimum absolute atomic E-state index is 0.0192. The van der Waals surface area contributed by atoms with Gasteiger partial charge in [0.15, 0.2) is 11.7 Å². The molecule has 0 aromatic heterocycles. The number of nitrogens with one attached hydrogen (secondary N) is 5. The number of aliphatic imine (C=N–C) groups is 1. The number of carbonyl (C=O) groups excluding carboxylic acids is 7. The first-order valence-corrected chi connectivity index (χ1v) is 21.3. The van der Waals surface area contributed by atoms with Gasteiger partial charge in [0.1, 0.15) is 36.3 Å². The number of guanidine groups is 1. The van der Waals surface area contributed by atoms with E-state index in [1.807, 2.05) is 33.8 Å². The summed E-state index contributed by atoms with van der Waals surface area (Å²) in [6, 6.07) is 16.9. The summed E-state index contributed by atoms with van der Waals surface area (Å²) in [6.45, 7) is 6.85. The van der Waals surface area contributed by atoms with E-state index in [1.165, 1.54) is 0 Å². The molecule has 0 unspecified atom stereocenters. The summed E-state index contributed by atoms with van der Waals surface area (Å²) in [7, 11) is 0. The van der Waals surface area contributed by atoms with E-state index < -0.39 is 78.3 Å². The molecular formula is C46H64N10O8. The van der Waals surface area contributed by atoms with Crippen molar-refractivity contribution in [2.75, 3.05) is 13.2 Å². The summed E-state index contributed by atoms with van der Waals surface area (Å²) in [4.78, 5) is 98.2. The molecule has 64 heavy (non-hydrogen) atoms. The number of hydrogen-bond acceptors (Lipinski definition) is 10. The van der Waals surface area contributed by atoms with Gasteiger partial charge >= 0.3 is 0 Å². The van der Waals surface area contributed by atoms with Gasteiger partial charge < -0.3 is 54.6 Å². The lowest BCUT2D eigenvalue weighted by Gasteiger charge is -2.28. The Labute approximate surface area is 374 Å². The van der Waals surface area contributed by atoms with Crippen LogP contribution < -0.4 is 49.5 Å². The van der Waals surface area contributed by atoms with E-state index in [0.717, 1.165) is 0 Å². The summed E-state index contributed by atoms with van der Waals surface area (Å²) < 4.78 is 0. The zero-order valence-electron chi connectivity index (χ0n) is 36.9. The SMILES string of the molecule is CC(C)C[C@H](NC(=O)[C@H](CC(C)C)NC(=O)[C@H](Cc1ccccc1)NC(=O)[C@@H](N)CO)C(=O)N[C@@H](CCCN=C(N)N)C(=O)N[C@@H](Cc1ccc(C(=O)c2ccccc2)cc1)C(N)=O. The number of nitrogens with two attached hydrogens (primary N) is 4. The van der Waals surface area contributed by atoms with Gasteiger partial charge in [0.25, 0.3) is 0 Å². The molecule has 0 radical (unpaired) electrons. The molecule has 0 saturated carbocycles. The standard InChI is InChI=1S/C46H64N10O8/c1-27(2)22-36(55-44(63)37(23-28(3)4)56-45(64)38(54-41(60)33(47)26-57)25-29-12-7-5-8-13-29)43(62)52-34(16-11-21-51-46(49)50)42(61)53-35(40(48)59)24-30-17-19-32(20-18-30)39(58)31-14-9-6-10-15-31/h5-10,12-15,17-20,27-28,33-38,57H,11,16,21-26,47H2,1-4H3,(H2,48,59)(H,52,62)(H,53,61)(H,54,60)(H,55,63)(H,56,64)(H4,49,50,51)/t33-,34-,35-,36-,37-,38-/m0/s1. The van der Waals surface area contributed by atoms with Crippen LogP contribution in [-0.4, -0.2) is 102 Å². The molecule has 14 N–H and O–H groups in total. The van der Waals surface area contributed by atoms with E-state index in [2.05, 4.69) is 31.6 Å². The molecule has 18 nitrogen and oxygen atoms in total. The maximum Gasteiger partial charge on any atom is 0.243 e. The van der Waals surface area contributed by atoms with Crippen molar-refractivity contribution in [3.05, 3.63) is 107 Å². The number of aliphatic hydroxyl groups excluding tert-OH is 1. The fourth-order valence-electron chi connectivity index (χ4n) is 6.70. The van der Waals surface area contributed by atoms with E-state index in [0.29, 0.717) is 22.3 Å². The van der Waals surface area contributed by atoms with Crippen molar-refractivity contribution >= 4 is 47.2 Å². The molecule has 3 aromatic carbocycles. The minimum Gasteiger partial charge on any atom is -0.394 e. The number of nitrogens with zero attached hydrogens (tertiary/aromatic N) is 1. The van der Waals surface area contributed by atoms with E-state index in [4.69, 9.17) is 22.9 Å². The Kier molecular flexibility index (Phi) is 21.1. The van der Waals surface area contributed by atoms with E-state index in [1.54, 1.807) is 78.9 Å². The van der Waals surface area contributed by atoms with Crippen LogP contribution in [0.25, 0.3) is 0 Å². The van der Waals surface area contributed by atoms with Crippen molar-refractivity contribution in [2.45, 2.75) is 102 Å². The molecule has 0 aliphatic heterocycles. The summed E-state index contributed by atoms with van der Waals surface area (Å²) in [5.74, 6) is -5.00. The fourth-order valence-corrected chi connectivity index (χ4v) is 6.70. The van der Waals surface area contributed by atoms with Crippen LogP contribution in [0.15, 0.2) is 89.9 Å². The summed E-state index contributed by atoms with van der Waals surface area (Å²) >= 11 is 0. The Morgan fingerprint density at radius 2 is 0.969 bits per heavy atom. The Bertz CT molecular complexity index is 2040. The van der Waals surface area contributed by atoms with Crippen molar-refractivity contribution in [1.29, 1.82) is 0 Å². The lowest BCUT2D eigenvalue weighted by atomic mass is 9.98. The van der Waals surface area contributed by atoms with Gasteiger partial charge in [-0.15, -0.1) is 0 Å². The Balaban J connectivity index is 1.82. The second-order valence-electron chi connectivity index (χ2n) is 16.5. The van der Waals surface area contributed by atoms with Crippen molar-refractivity contribution < 1.29 is 38.7 Å². The molecule has 0 saturated heterocycles. The van der Waals surface area contributed by atoms with Crippen LogP contribution in [0.3, 0.4) is 0 Å². The normalized spacial score (nSPS) is 13.9. The molecule has 3 rings (SSSR count). The maximum atomic E-state index is 14.1. The number of rotatable bonds is 26. The average molecular weight is 885 g/mol. The second kappa shape index (κ2) is 26.1. The Hall–Kier alpha value is -6.66. The highest BCUT2D eigenvalue weighted by molar-refractivity contribution is 6.09. The largest absolute Gasteiger partial charge is 0.394 e. The van der Waals surface area contributed by atoms with E-state index in [-0.39, 0.29) is 68.6 Å². The molecule has 0 spiro atoms. The predicted molar refractivity (Wildman–Crippen MR) is 243 cm³/mol. The van der Waals surface area contributed by atoms with Gasteiger partial charge in [0, 0.05) is 30.5 Å². The van der Waals surface area contributed by atoms with Gasteiger partial charge in [0.2, 0.25) is 35.4 Å². The van der Waals surface area contributed by atoms with Crippen LogP contribution in [0, 0.1) is 11.8 Å². The van der Waals surface area contributed by atoms with Gasteiger partial charge in [-0.25, -0.2) is 0 Å². The number of primary amides is 1. The van der Waals surface area contributed by atoms with E-state index >= 15 is 0 Å². The Morgan fingerprint density at radius 1 is 0.547 bits per heavy atom. The first-order chi connectivity index (χ1) is 30.4. The van der Waals surface area contributed by atoms with Crippen LogP contribution in [0.5, 0.6) is 0 Å².